The number of amides is 2. The SMILES string of the molecule is COC(=O)N(CC(N)=O)C1CCNC1. The van der Waals surface area contributed by atoms with Gasteiger partial charge < -0.3 is 15.8 Å². The predicted octanol–water partition coefficient (Wildman–Crippen LogP) is -1.10. The van der Waals surface area contributed by atoms with Gasteiger partial charge in [0.15, 0.2) is 0 Å². The first-order valence-corrected chi connectivity index (χ1v) is 4.48. The predicted molar refractivity (Wildman–Crippen MR) is 49.6 cm³/mol. The molecule has 0 saturated carbocycles. The fourth-order valence-electron chi connectivity index (χ4n) is 1.53. The molecule has 0 bridgehead atoms. The second-order valence-electron chi connectivity index (χ2n) is 3.21. The maximum absolute atomic E-state index is 11.3. The van der Waals surface area contributed by atoms with Crippen molar-refractivity contribution in [2.24, 2.45) is 5.73 Å². The van der Waals surface area contributed by atoms with Crippen LogP contribution in [-0.2, 0) is 9.53 Å². The van der Waals surface area contributed by atoms with Crippen LogP contribution in [0.3, 0.4) is 0 Å². The maximum atomic E-state index is 11.3. The van der Waals surface area contributed by atoms with E-state index in [1.54, 1.807) is 0 Å². The number of methoxy groups -OCH3 is 1. The van der Waals surface area contributed by atoms with Crippen LogP contribution in [0.25, 0.3) is 0 Å². The van der Waals surface area contributed by atoms with Gasteiger partial charge in [0.1, 0.15) is 6.54 Å². The van der Waals surface area contributed by atoms with E-state index in [4.69, 9.17) is 5.73 Å². The van der Waals surface area contributed by atoms with E-state index in [0.29, 0.717) is 6.54 Å². The molecule has 1 rings (SSSR count). The molecule has 1 aliphatic heterocycles. The Labute approximate surface area is 82.4 Å². The number of ether oxygens (including phenoxy) is 1. The summed E-state index contributed by atoms with van der Waals surface area (Å²) < 4.78 is 4.58. The Balaban J connectivity index is 2.59. The minimum Gasteiger partial charge on any atom is -0.453 e. The Bertz CT molecular complexity index is 226. The summed E-state index contributed by atoms with van der Waals surface area (Å²) in [7, 11) is 1.29. The lowest BCUT2D eigenvalue weighted by molar-refractivity contribution is -0.119. The van der Waals surface area contributed by atoms with Crippen molar-refractivity contribution in [2.75, 3.05) is 26.7 Å². The molecule has 0 spiro atoms. The number of nitrogens with one attached hydrogen (secondary N) is 1. The van der Waals surface area contributed by atoms with Gasteiger partial charge in [-0.1, -0.05) is 0 Å². The molecular weight excluding hydrogens is 186 g/mol. The highest BCUT2D eigenvalue weighted by Crippen LogP contribution is 2.09. The average molecular weight is 201 g/mol. The monoisotopic (exact) mass is 201 g/mol. The van der Waals surface area contributed by atoms with Gasteiger partial charge in [-0.2, -0.15) is 0 Å². The fourth-order valence-corrected chi connectivity index (χ4v) is 1.53. The third kappa shape index (κ3) is 2.59. The Morgan fingerprint density at radius 2 is 2.36 bits per heavy atom. The number of hydrogen-bond acceptors (Lipinski definition) is 4. The van der Waals surface area contributed by atoms with Gasteiger partial charge in [-0.05, 0) is 13.0 Å². The molecule has 6 heteroatoms. The lowest BCUT2D eigenvalue weighted by Gasteiger charge is -2.25. The Kier molecular flexibility index (Phi) is 3.70. The zero-order valence-corrected chi connectivity index (χ0v) is 8.16. The quantitative estimate of drug-likeness (QED) is 0.607. The van der Waals surface area contributed by atoms with Gasteiger partial charge in [-0.3, -0.25) is 9.69 Å². The van der Waals surface area contributed by atoms with E-state index < -0.39 is 12.0 Å². The largest absolute Gasteiger partial charge is 0.453 e. The van der Waals surface area contributed by atoms with E-state index in [-0.39, 0.29) is 12.6 Å². The molecule has 6 nitrogen and oxygen atoms in total. The number of carbonyl (C=O) groups is 2. The summed E-state index contributed by atoms with van der Waals surface area (Å²) in [5.41, 5.74) is 5.04. The standard InChI is InChI=1S/C8H15N3O3/c1-14-8(13)11(5-7(9)12)6-2-3-10-4-6/h6,10H,2-5H2,1H3,(H2,9,12). The van der Waals surface area contributed by atoms with E-state index in [9.17, 15) is 9.59 Å². The molecule has 1 heterocycles. The van der Waals surface area contributed by atoms with Crippen LogP contribution >= 0.6 is 0 Å². The van der Waals surface area contributed by atoms with Gasteiger partial charge in [0.25, 0.3) is 0 Å². The zero-order valence-electron chi connectivity index (χ0n) is 8.16. The molecule has 1 unspecified atom stereocenters. The highest BCUT2D eigenvalue weighted by Gasteiger charge is 2.28. The first kappa shape index (κ1) is 10.8. The summed E-state index contributed by atoms with van der Waals surface area (Å²) in [6.45, 7) is 1.44. The topological polar surface area (TPSA) is 84.7 Å². The number of hydrogen-bond donors (Lipinski definition) is 2. The van der Waals surface area contributed by atoms with Crippen molar-refractivity contribution >= 4 is 12.0 Å². The maximum Gasteiger partial charge on any atom is 0.410 e. The highest BCUT2D eigenvalue weighted by molar-refractivity contribution is 5.81. The highest BCUT2D eigenvalue weighted by atomic mass is 16.5. The molecule has 0 aliphatic carbocycles. The van der Waals surface area contributed by atoms with Crippen LogP contribution in [0.1, 0.15) is 6.42 Å². The van der Waals surface area contributed by atoms with E-state index >= 15 is 0 Å². The van der Waals surface area contributed by atoms with Crippen LogP contribution < -0.4 is 11.1 Å². The minimum absolute atomic E-state index is 0.00921. The van der Waals surface area contributed by atoms with E-state index in [1.165, 1.54) is 12.0 Å². The summed E-state index contributed by atoms with van der Waals surface area (Å²) >= 11 is 0. The molecule has 1 fully saturated rings. The fraction of sp³-hybridized carbons (Fsp3) is 0.750. The minimum atomic E-state index is -0.526. The Morgan fingerprint density at radius 1 is 1.64 bits per heavy atom. The summed E-state index contributed by atoms with van der Waals surface area (Å²) in [4.78, 5) is 23.4. The van der Waals surface area contributed by atoms with Crippen molar-refractivity contribution in [3.05, 3.63) is 0 Å². The molecule has 0 radical (unpaired) electrons. The second-order valence-corrected chi connectivity index (χ2v) is 3.21. The number of carbonyl (C=O) groups excluding carboxylic acids is 2. The van der Waals surface area contributed by atoms with Gasteiger partial charge in [0.05, 0.1) is 7.11 Å². The molecule has 1 aliphatic rings. The van der Waals surface area contributed by atoms with Crippen LogP contribution in [0.15, 0.2) is 0 Å². The molecular formula is C8H15N3O3. The molecule has 0 aromatic rings. The van der Waals surface area contributed by atoms with Crippen molar-refractivity contribution in [3.8, 4) is 0 Å². The first-order valence-electron chi connectivity index (χ1n) is 4.48. The zero-order chi connectivity index (χ0) is 10.6. The lowest BCUT2D eigenvalue weighted by atomic mass is 10.2. The van der Waals surface area contributed by atoms with Gasteiger partial charge in [0, 0.05) is 12.6 Å². The number of nitrogens with zero attached hydrogens (tertiary/aromatic N) is 1. The molecule has 1 saturated heterocycles. The molecule has 0 aromatic carbocycles. The lowest BCUT2D eigenvalue weighted by Crippen LogP contribution is -2.46. The third-order valence-electron chi connectivity index (χ3n) is 2.21. The Hall–Kier alpha value is -1.30. The second kappa shape index (κ2) is 4.80. The third-order valence-corrected chi connectivity index (χ3v) is 2.21. The smallest absolute Gasteiger partial charge is 0.410 e. The van der Waals surface area contributed by atoms with Crippen LogP contribution in [0.2, 0.25) is 0 Å². The van der Waals surface area contributed by atoms with E-state index in [0.717, 1.165) is 13.0 Å². The molecule has 14 heavy (non-hydrogen) atoms. The molecule has 1 atom stereocenters. The van der Waals surface area contributed by atoms with Crippen molar-refractivity contribution in [1.29, 1.82) is 0 Å². The van der Waals surface area contributed by atoms with Crippen molar-refractivity contribution < 1.29 is 14.3 Å². The van der Waals surface area contributed by atoms with Crippen LogP contribution in [0.4, 0.5) is 4.79 Å². The number of primary amides is 1. The normalized spacial score (nSPS) is 20.5. The molecule has 0 aromatic heterocycles. The van der Waals surface area contributed by atoms with E-state index in [2.05, 4.69) is 10.1 Å². The first-order chi connectivity index (χ1) is 6.65. The van der Waals surface area contributed by atoms with Crippen molar-refractivity contribution in [1.82, 2.24) is 10.2 Å². The molecule has 80 valence electrons. The number of nitrogens with two attached hydrogens (primary N) is 1. The van der Waals surface area contributed by atoms with Gasteiger partial charge in [-0.25, -0.2) is 4.79 Å². The average Bonchev–Trinajstić information content (AvgIpc) is 2.65. The van der Waals surface area contributed by atoms with Crippen LogP contribution in [-0.4, -0.2) is 49.7 Å². The number of rotatable bonds is 3. The summed E-state index contributed by atoms with van der Waals surface area (Å²) in [5, 5.41) is 3.10. The van der Waals surface area contributed by atoms with Crippen LogP contribution in [0, 0.1) is 0 Å². The molecule has 2 amide bonds. The Morgan fingerprint density at radius 3 is 2.79 bits per heavy atom. The summed E-state index contributed by atoms with van der Waals surface area (Å²) in [5.74, 6) is -0.526. The molecule has 3 N–H and O–H groups in total. The van der Waals surface area contributed by atoms with Gasteiger partial charge in [0.2, 0.25) is 5.91 Å². The van der Waals surface area contributed by atoms with Crippen molar-refractivity contribution in [2.45, 2.75) is 12.5 Å². The van der Waals surface area contributed by atoms with Gasteiger partial charge >= 0.3 is 6.09 Å². The van der Waals surface area contributed by atoms with E-state index in [1.807, 2.05) is 0 Å². The summed E-state index contributed by atoms with van der Waals surface area (Å²) in [6.07, 6.45) is 0.319. The summed E-state index contributed by atoms with van der Waals surface area (Å²) in [6, 6.07) is 0.00921. The van der Waals surface area contributed by atoms with Gasteiger partial charge in [-0.15, -0.1) is 0 Å². The van der Waals surface area contributed by atoms with Crippen LogP contribution in [0.5, 0.6) is 0 Å². The van der Waals surface area contributed by atoms with Crippen molar-refractivity contribution in [3.63, 3.8) is 0 Å².